The maximum Gasteiger partial charge on any atom is 0.139 e. The second kappa shape index (κ2) is 26.8. The van der Waals surface area contributed by atoms with Crippen LogP contribution < -0.4 is 0 Å². The van der Waals surface area contributed by atoms with Gasteiger partial charge in [0, 0.05) is 17.3 Å². The third-order valence-electron chi connectivity index (χ3n) is 11.1. The molecule has 0 aliphatic heterocycles. The van der Waals surface area contributed by atoms with Crippen molar-refractivity contribution in [2.75, 3.05) is 0 Å². The van der Waals surface area contributed by atoms with E-state index in [9.17, 15) is 13.6 Å². The lowest BCUT2D eigenvalue weighted by molar-refractivity contribution is -0.127. The van der Waals surface area contributed by atoms with Gasteiger partial charge in [-0.3, -0.25) is 4.79 Å². The number of hydrogen-bond donors (Lipinski definition) is 0. The van der Waals surface area contributed by atoms with E-state index in [0.717, 1.165) is 30.4 Å². The highest BCUT2D eigenvalue weighted by molar-refractivity contribution is 5.84. The Morgan fingerprint density at radius 3 is 1.20 bits per heavy atom. The van der Waals surface area contributed by atoms with Crippen LogP contribution in [0.4, 0.5) is 8.78 Å². The van der Waals surface area contributed by atoms with Crippen LogP contribution in [0.15, 0.2) is 164 Å². The van der Waals surface area contributed by atoms with Crippen LogP contribution in [0.1, 0.15) is 132 Å². The summed E-state index contributed by atoms with van der Waals surface area (Å²) in [5.41, 5.74) is 8.52. The first-order valence-electron chi connectivity index (χ1n) is 21.7. The van der Waals surface area contributed by atoms with E-state index in [1.807, 2.05) is 53.7 Å². The summed E-state index contributed by atoms with van der Waals surface area (Å²) in [6.07, 6.45) is 2.66. The molecular formula is C56H70F2O. The summed E-state index contributed by atoms with van der Waals surface area (Å²) in [4.78, 5) is 13.1. The van der Waals surface area contributed by atoms with Crippen LogP contribution >= 0.6 is 0 Å². The molecule has 0 saturated carbocycles. The van der Waals surface area contributed by atoms with Gasteiger partial charge in [0.05, 0.1) is 0 Å². The lowest BCUT2D eigenvalue weighted by Crippen LogP contribution is -2.26. The molecule has 0 aliphatic rings. The summed E-state index contributed by atoms with van der Waals surface area (Å²) < 4.78 is 25.3. The second-order valence-electron chi connectivity index (χ2n) is 15.1. The fourth-order valence-corrected chi connectivity index (χ4v) is 7.04. The van der Waals surface area contributed by atoms with Gasteiger partial charge in [-0.15, -0.1) is 0 Å². The third-order valence-corrected chi connectivity index (χ3v) is 11.1. The summed E-state index contributed by atoms with van der Waals surface area (Å²) in [6, 6.07) is 53.8. The van der Waals surface area contributed by atoms with E-state index >= 15 is 0 Å². The minimum atomic E-state index is -0.205. The average molecular weight is 797 g/mol. The molecule has 0 fully saturated rings. The van der Waals surface area contributed by atoms with Gasteiger partial charge in [-0.1, -0.05) is 206 Å². The topological polar surface area (TPSA) is 17.1 Å². The van der Waals surface area contributed by atoms with E-state index < -0.39 is 0 Å². The summed E-state index contributed by atoms with van der Waals surface area (Å²) in [7, 11) is 0. The van der Waals surface area contributed by atoms with Crippen molar-refractivity contribution in [1.82, 2.24) is 0 Å². The molecule has 0 bridgehead atoms. The molecule has 3 heteroatoms. The van der Waals surface area contributed by atoms with Gasteiger partial charge in [0.25, 0.3) is 0 Å². The van der Waals surface area contributed by atoms with Crippen molar-refractivity contribution in [3.05, 3.63) is 214 Å². The predicted octanol–water partition coefficient (Wildman–Crippen LogP) is 16.3. The Bertz CT molecular complexity index is 1850. The Hall–Kier alpha value is -5.15. The van der Waals surface area contributed by atoms with Gasteiger partial charge in [0.2, 0.25) is 0 Å². The van der Waals surface area contributed by atoms with Crippen molar-refractivity contribution in [3.8, 4) is 0 Å². The highest BCUT2D eigenvalue weighted by Gasteiger charge is 2.31. The number of rotatable bonds is 12. The molecule has 59 heavy (non-hydrogen) atoms. The van der Waals surface area contributed by atoms with Gasteiger partial charge >= 0.3 is 0 Å². The summed E-state index contributed by atoms with van der Waals surface area (Å²) in [6.45, 7) is 22.8. The van der Waals surface area contributed by atoms with Crippen molar-refractivity contribution < 1.29 is 13.6 Å². The lowest BCUT2D eigenvalue weighted by Gasteiger charge is -2.31. The third kappa shape index (κ3) is 15.5. The van der Waals surface area contributed by atoms with Gasteiger partial charge in [0.15, 0.2) is 0 Å². The Labute approximate surface area is 357 Å². The van der Waals surface area contributed by atoms with E-state index in [1.54, 1.807) is 12.1 Å². The van der Waals surface area contributed by atoms with Gasteiger partial charge in [-0.25, -0.2) is 8.78 Å². The van der Waals surface area contributed by atoms with Gasteiger partial charge < -0.3 is 0 Å². The molecule has 0 aromatic heterocycles. The van der Waals surface area contributed by atoms with Crippen LogP contribution in [0.2, 0.25) is 0 Å². The Morgan fingerprint density at radius 1 is 0.508 bits per heavy atom. The standard InChI is InChI=1S/C25H33FO.C20H18.C7H7F.2C2H6/c1-6-18(3)25(27)24(20(5)22-10-7-17(2)8-11-22)16-9-19(4)21-12-14-23(26)15-13-21;1-20(17-11-5-2-6-12-17,18-13-7-3-8-14-18)19-15-9-4-10-16-19;1-6-2-4-7(8)5-3-6;2*1-2/h7-8,10-15,18-20,24H,6,9,16H2,1-5H3;2-16H,1H3;2-5H,1H3;2*1-2H3/t18?,19?,20?,24-;;;;/m1..../s1. The van der Waals surface area contributed by atoms with Crippen LogP contribution in [0.5, 0.6) is 0 Å². The quantitative estimate of drug-likeness (QED) is 0.113. The zero-order chi connectivity index (χ0) is 43.8. The van der Waals surface area contributed by atoms with Gasteiger partial charge in [0.1, 0.15) is 17.4 Å². The zero-order valence-corrected chi connectivity index (χ0v) is 37.7. The highest BCUT2D eigenvalue weighted by atomic mass is 19.1. The fourth-order valence-electron chi connectivity index (χ4n) is 7.04. The smallest absolute Gasteiger partial charge is 0.139 e. The molecule has 0 N–H and O–H groups in total. The molecule has 0 saturated heterocycles. The molecule has 6 aromatic rings. The fraction of sp³-hybridized carbons (Fsp3) is 0.339. The van der Waals surface area contributed by atoms with E-state index in [2.05, 4.69) is 150 Å². The Balaban J connectivity index is 0.000000326. The van der Waals surface area contributed by atoms with Crippen LogP contribution in [-0.4, -0.2) is 5.78 Å². The molecule has 6 aromatic carbocycles. The molecule has 1 nitrogen and oxygen atoms in total. The van der Waals surface area contributed by atoms with Crippen LogP contribution in [0, 0.1) is 37.3 Å². The van der Waals surface area contributed by atoms with Gasteiger partial charge in [-0.05, 0) is 104 Å². The van der Waals surface area contributed by atoms with Crippen molar-refractivity contribution in [3.63, 3.8) is 0 Å². The van der Waals surface area contributed by atoms with E-state index in [4.69, 9.17) is 0 Å². The molecule has 6 rings (SSSR count). The average Bonchev–Trinajstić information content (AvgIpc) is 3.29. The number of carbonyl (C=O) groups excluding carboxylic acids is 1. The predicted molar refractivity (Wildman–Crippen MR) is 250 cm³/mol. The summed E-state index contributed by atoms with van der Waals surface area (Å²) in [5.74, 6) is 0.612. The molecule has 3 unspecified atom stereocenters. The number of aryl methyl sites for hydroxylation is 2. The van der Waals surface area contributed by atoms with Crippen molar-refractivity contribution in [2.45, 2.75) is 113 Å². The molecule has 314 valence electrons. The first-order chi connectivity index (χ1) is 28.4. The number of benzene rings is 6. The molecule has 0 aliphatic carbocycles. The zero-order valence-electron chi connectivity index (χ0n) is 37.7. The number of hydrogen-bond acceptors (Lipinski definition) is 1. The minimum Gasteiger partial charge on any atom is -0.299 e. The number of carbonyl (C=O) groups is 1. The number of halogens is 2. The highest BCUT2D eigenvalue weighted by Crippen LogP contribution is 2.38. The normalized spacial score (nSPS) is 12.5. The maximum atomic E-state index is 13.2. The second-order valence-corrected chi connectivity index (χ2v) is 15.1. The van der Waals surface area contributed by atoms with E-state index in [1.165, 1.54) is 52.1 Å². The first kappa shape index (κ1) is 50.0. The monoisotopic (exact) mass is 797 g/mol. The van der Waals surface area contributed by atoms with Crippen LogP contribution in [0.3, 0.4) is 0 Å². The Kier molecular flexibility index (Phi) is 22.7. The van der Waals surface area contributed by atoms with E-state index in [-0.39, 0.29) is 34.8 Å². The lowest BCUT2D eigenvalue weighted by atomic mass is 9.71. The minimum absolute atomic E-state index is 0.0190. The SMILES string of the molecule is CC.CC.CC(c1ccccc1)(c1ccccc1)c1ccccc1.CCC(C)C(=O)[C@H](CCC(C)c1ccc(F)cc1)C(C)c1ccc(C)cc1.Cc1ccc(F)cc1. The number of ketones is 1. The Morgan fingerprint density at radius 2 is 0.847 bits per heavy atom. The van der Waals surface area contributed by atoms with Crippen LogP contribution in [-0.2, 0) is 10.2 Å². The van der Waals surface area contributed by atoms with Crippen LogP contribution in [0.25, 0.3) is 0 Å². The molecule has 0 amide bonds. The van der Waals surface area contributed by atoms with Crippen molar-refractivity contribution in [2.24, 2.45) is 11.8 Å². The van der Waals surface area contributed by atoms with Crippen molar-refractivity contribution in [1.29, 1.82) is 0 Å². The molecule has 0 spiro atoms. The summed E-state index contributed by atoms with van der Waals surface area (Å²) in [5, 5.41) is 0. The molecule has 4 atom stereocenters. The number of Topliss-reactive ketones (excluding diaryl/α,β-unsaturated/α-hetero) is 1. The largest absolute Gasteiger partial charge is 0.299 e. The van der Waals surface area contributed by atoms with Gasteiger partial charge in [-0.2, -0.15) is 0 Å². The first-order valence-corrected chi connectivity index (χ1v) is 21.7. The molecule has 0 radical (unpaired) electrons. The van der Waals surface area contributed by atoms with Crippen molar-refractivity contribution >= 4 is 5.78 Å². The molecular weight excluding hydrogens is 727 g/mol. The van der Waals surface area contributed by atoms with E-state index in [0.29, 0.717) is 11.7 Å². The molecule has 0 heterocycles. The summed E-state index contributed by atoms with van der Waals surface area (Å²) >= 11 is 0. The maximum absolute atomic E-state index is 13.2.